The first-order valence-corrected chi connectivity index (χ1v) is 6.44. The Morgan fingerprint density at radius 3 is 2.56 bits per heavy atom. The van der Waals surface area contributed by atoms with Gasteiger partial charge in [-0.25, -0.2) is 0 Å². The molecule has 0 aliphatic carbocycles. The number of benzene rings is 1. The van der Waals surface area contributed by atoms with Crippen LogP contribution >= 0.6 is 0 Å². The van der Waals surface area contributed by atoms with Crippen LogP contribution in [0.1, 0.15) is 45.1 Å². The Labute approximate surface area is 99.8 Å². The van der Waals surface area contributed by atoms with Crippen molar-refractivity contribution in [3.8, 4) is 0 Å². The van der Waals surface area contributed by atoms with Crippen molar-refractivity contribution in [3.05, 3.63) is 35.9 Å². The first-order valence-electron chi connectivity index (χ1n) is 6.44. The zero-order valence-corrected chi connectivity index (χ0v) is 10.6. The molecule has 1 atom stereocenters. The van der Waals surface area contributed by atoms with Crippen LogP contribution in [0, 0.1) is 5.92 Å². The third kappa shape index (κ3) is 5.92. The summed E-state index contributed by atoms with van der Waals surface area (Å²) in [5.74, 6) is 0.690. The van der Waals surface area contributed by atoms with Gasteiger partial charge in [0.1, 0.15) is 0 Å². The maximum absolute atomic E-state index is 5.71. The smallest absolute Gasteiger partial charge is 0.0717 e. The lowest BCUT2D eigenvalue weighted by atomic mass is 10.0. The molecular formula is C15H24O. The molecule has 0 heterocycles. The monoisotopic (exact) mass is 220 g/mol. The number of unbranched alkanes of at least 4 members (excludes halogenated alkanes) is 2. The maximum Gasteiger partial charge on any atom is 0.0717 e. The Hall–Kier alpha value is -0.820. The molecule has 1 unspecified atom stereocenters. The summed E-state index contributed by atoms with van der Waals surface area (Å²) in [6, 6.07) is 10.4. The molecule has 0 amide bonds. The Kier molecular flexibility index (Phi) is 6.91. The molecule has 0 radical (unpaired) electrons. The van der Waals surface area contributed by atoms with Gasteiger partial charge in [-0.05, 0) is 17.9 Å². The van der Waals surface area contributed by atoms with Gasteiger partial charge in [0, 0.05) is 6.61 Å². The van der Waals surface area contributed by atoms with Crippen LogP contribution < -0.4 is 0 Å². The highest BCUT2D eigenvalue weighted by atomic mass is 16.5. The Balaban J connectivity index is 2.06. The summed E-state index contributed by atoms with van der Waals surface area (Å²) >= 11 is 0. The minimum Gasteiger partial charge on any atom is -0.376 e. The Morgan fingerprint density at radius 2 is 1.88 bits per heavy atom. The van der Waals surface area contributed by atoms with E-state index in [0.717, 1.165) is 13.2 Å². The standard InChI is InChI=1S/C15H24O/c1-3-4-6-9-14(2)12-16-13-15-10-7-5-8-11-15/h5,7-8,10-11,14H,3-4,6,9,12-13H2,1-2H3. The van der Waals surface area contributed by atoms with Crippen molar-refractivity contribution in [2.75, 3.05) is 6.61 Å². The van der Waals surface area contributed by atoms with Crippen LogP contribution in [0.5, 0.6) is 0 Å². The van der Waals surface area contributed by atoms with E-state index in [4.69, 9.17) is 4.74 Å². The van der Waals surface area contributed by atoms with E-state index < -0.39 is 0 Å². The van der Waals surface area contributed by atoms with Gasteiger partial charge in [0.15, 0.2) is 0 Å². The summed E-state index contributed by atoms with van der Waals surface area (Å²) in [7, 11) is 0. The van der Waals surface area contributed by atoms with E-state index >= 15 is 0 Å². The molecule has 0 saturated heterocycles. The van der Waals surface area contributed by atoms with E-state index in [2.05, 4.69) is 38.1 Å². The quantitative estimate of drug-likeness (QED) is 0.589. The summed E-state index contributed by atoms with van der Waals surface area (Å²) in [4.78, 5) is 0. The SMILES string of the molecule is CCCCCC(C)COCc1ccccc1. The molecule has 16 heavy (non-hydrogen) atoms. The second-order valence-corrected chi connectivity index (χ2v) is 4.60. The molecule has 90 valence electrons. The van der Waals surface area contributed by atoms with Crippen LogP contribution in [-0.4, -0.2) is 6.61 Å². The number of hydrogen-bond donors (Lipinski definition) is 0. The number of hydrogen-bond acceptors (Lipinski definition) is 1. The van der Waals surface area contributed by atoms with E-state index in [1.54, 1.807) is 0 Å². The van der Waals surface area contributed by atoms with E-state index in [1.807, 2.05) is 6.07 Å². The molecule has 0 bridgehead atoms. The lowest BCUT2D eigenvalue weighted by molar-refractivity contribution is 0.0887. The average Bonchev–Trinajstić information content (AvgIpc) is 2.31. The lowest BCUT2D eigenvalue weighted by Gasteiger charge is -2.11. The van der Waals surface area contributed by atoms with Crippen molar-refractivity contribution in [2.45, 2.75) is 46.1 Å². The predicted octanol–water partition coefficient (Wildman–Crippen LogP) is 4.42. The van der Waals surface area contributed by atoms with Gasteiger partial charge in [-0.3, -0.25) is 0 Å². The van der Waals surface area contributed by atoms with E-state index in [9.17, 15) is 0 Å². The van der Waals surface area contributed by atoms with Gasteiger partial charge in [-0.15, -0.1) is 0 Å². The highest BCUT2D eigenvalue weighted by Crippen LogP contribution is 2.10. The molecule has 1 heteroatoms. The molecular weight excluding hydrogens is 196 g/mol. The van der Waals surface area contributed by atoms with E-state index in [-0.39, 0.29) is 0 Å². The normalized spacial score (nSPS) is 12.6. The highest BCUT2D eigenvalue weighted by Gasteiger charge is 2.01. The third-order valence-corrected chi connectivity index (χ3v) is 2.81. The molecule has 0 aliphatic heterocycles. The largest absolute Gasteiger partial charge is 0.376 e. The van der Waals surface area contributed by atoms with Crippen LogP contribution in [-0.2, 0) is 11.3 Å². The van der Waals surface area contributed by atoms with Gasteiger partial charge in [0.2, 0.25) is 0 Å². The number of rotatable bonds is 8. The van der Waals surface area contributed by atoms with E-state index in [1.165, 1.54) is 31.2 Å². The second kappa shape index (κ2) is 8.35. The van der Waals surface area contributed by atoms with Gasteiger partial charge in [-0.1, -0.05) is 63.4 Å². The fourth-order valence-corrected chi connectivity index (χ4v) is 1.78. The van der Waals surface area contributed by atoms with Crippen LogP contribution in [0.3, 0.4) is 0 Å². The molecule has 0 spiro atoms. The zero-order chi connectivity index (χ0) is 11.6. The topological polar surface area (TPSA) is 9.23 Å². The van der Waals surface area contributed by atoms with E-state index in [0.29, 0.717) is 5.92 Å². The van der Waals surface area contributed by atoms with Crippen molar-refractivity contribution in [1.29, 1.82) is 0 Å². The van der Waals surface area contributed by atoms with Crippen LogP contribution in [0.25, 0.3) is 0 Å². The van der Waals surface area contributed by atoms with Gasteiger partial charge < -0.3 is 4.74 Å². The maximum atomic E-state index is 5.71. The minimum absolute atomic E-state index is 0.690. The van der Waals surface area contributed by atoms with Crippen molar-refractivity contribution in [2.24, 2.45) is 5.92 Å². The molecule has 0 saturated carbocycles. The molecule has 1 nitrogen and oxygen atoms in total. The molecule has 0 aliphatic rings. The average molecular weight is 220 g/mol. The molecule has 1 rings (SSSR count). The fourth-order valence-electron chi connectivity index (χ4n) is 1.78. The third-order valence-electron chi connectivity index (χ3n) is 2.81. The van der Waals surface area contributed by atoms with Crippen LogP contribution in [0.15, 0.2) is 30.3 Å². The fraction of sp³-hybridized carbons (Fsp3) is 0.600. The van der Waals surface area contributed by atoms with Crippen molar-refractivity contribution in [3.63, 3.8) is 0 Å². The van der Waals surface area contributed by atoms with Gasteiger partial charge >= 0.3 is 0 Å². The first kappa shape index (κ1) is 13.2. The summed E-state index contributed by atoms with van der Waals surface area (Å²) in [6.07, 6.45) is 5.29. The Bertz CT molecular complexity index is 255. The highest BCUT2D eigenvalue weighted by molar-refractivity contribution is 5.13. The summed E-state index contributed by atoms with van der Waals surface area (Å²) in [5, 5.41) is 0. The Morgan fingerprint density at radius 1 is 1.12 bits per heavy atom. The van der Waals surface area contributed by atoms with Crippen molar-refractivity contribution >= 4 is 0 Å². The van der Waals surface area contributed by atoms with Crippen molar-refractivity contribution < 1.29 is 4.74 Å². The van der Waals surface area contributed by atoms with Crippen molar-refractivity contribution in [1.82, 2.24) is 0 Å². The molecule has 1 aromatic carbocycles. The zero-order valence-electron chi connectivity index (χ0n) is 10.6. The summed E-state index contributed by atoms with van der Waals surface area (Å²) < 4.78 is 5.71. The predicted molar refractivity (Wildman–Crippen MR) is 69.4 cm³/mol. The van der Waals surface area contributed by atoms with Crippen LogP contribution in [0.2, 0.25) is 0 Å². The summed E-state index contributed by atoms with van der Waals surface area (Å²) in [5.41, 5.74) is 1.27. The first-order chi connectivity index (χ1) is 7.83. The number of ether oxygens (including phenoxy) is 1. The van der Waals surface area contributed by atoms with Crippen LogP contribution in [0.4, 0.5) is 0 Å². The van der Waals surface area contributed by atoms with Gasteiger partial charge in [0.25, 0.3) is 0 Å². The summed E-state index contributed by atoms with van der Waals surface area (Å²) in [6.45, 7) is 6.16. The second-order valence-electron chi connectivity index (χ2n) is 4.60. The molecule has 0 N–H and O–H groups in total. The molecule has 0 aromatic heterocycles. The van der Waals surface area contributed by atoms with Gasteiger partial charge in [-0.2, -0.15) is 0 Å². The minimum atomic E-state index is 0.690. The molecule has 0 fully saturated rings. The molecule has 1 aromatic rings. The lowest BCUT2D eigenvalue weighted by Crippen LogP contribution is -2.05. The van der Waals surface area contributed by atoms with Gasteiger partial charge in [0.05, 0.1) is 6.61 Å².